The fourth-order valence-electron chi connectivity index (χ4n) is 4.91. The number of hydrogen-bond donors (Lipinski definition) is 4. The van der Waals surface area contributed by atoms with E-state index >= 15 is 0 Å². The number of fused-ring (bicyclic) bond motifs is 1. The fourth-order valence-corrected chi connectivity index (χ4v) is 4.91. The van der Waals surface area contributed by atoms with Gasteiger partial charge < -0.3 is 30.4 Å². The molecule has 2 aromatic heterocycles. The van der Waals surface area contributed by atoms with E-state index in [0.29, 0.717) is 37.1 Å². The monoisotopic (exact) mass is 583 g/mol. The number of aromatic nitrogens is 2. The number of benzene rings is 1. The molecular formula is C30H41N5O7. The highest BCUT2D eigenvalue weighted by molar-refractivity contribution is 6.02. The van der Waals surface area contributed by atoms with Crippen LogP contribution in [0.2, 0.25) is 0 Å². The summed E-state index contributed by atoms with van der Waals surface area (Å²) in [4.78, 5) is 71.6. The van der Waals surface area contributed by atoms with Gasteiger partial charge in [0.15, 0.2) is 12.4 Å². The second kappa shape index (κ2) is 14.2. The van der Waals surface area contributed by atoms with Crippen molar-refractivity contribution < 1.29 is 37.7 Å². The molecule has 0 saturated carbocycles. The first-order chi connectivity index (χ1) is 20.3. The third kappa shape index (κ3) is 7.50. The van der Waals surface area contributed by atoms with E-state index in [1.807, 2.05) is 13.0 Å². The van der Waals surface area contributed by atoms with Crippen molar-refractivity contribution in [3.05, 3.63) is 60.0 Å². The Balaban J connectivity index is 0.00000337. The van der Waals surface area contributed by atoms with E-state index < -0.39 is 48.2 Å². The minimum Gasteiger partial charge on any atom is -0.496 e. The van der Waals surface area contributed by atoms with Crippen LogP contribution in [0.15, 0.2) is 48.8 Å². The van der Waals surface area contributed by atoms with E-state index in [4.69, 9.17) is 9.47 Å². The van der Waals surface area contributed by atoms with E-state index in [1.165, 1.54) is 25.6 Å². The molecule has 4 N–H and O–H groups in total. The Labute approximate surface area is 247 Å². The second-order valence-corrected chi connectivity index (χ2v) is 10.1. The van der Waals surface area contributed by atoms with Crippen LogP contribution >= 0.6 is 0 Å². The van der Waals surface area contributed by atoms with E-state index in [9.17, 15) is 24.0 Å². The number of nitrogens with zero attached hydrogens (tertiary/aromatic N) is 1. The minimum atomic E-state index is -1.11. The van der Waals surface area contributed by atoms with Gasteiger partial charge in [-0.25, -0.2) is 4.79 Å². The number of amides is 3. The van der Waals surface area contributed by atoms with E-state index in [0.717, 1.165) is 11.8 Å². The van der Waals surface area contributed by atoms with Gasteiger partial charge in [-0.2, -0.15) is 0 Å². The molecule has 0 aliphatic carbocycles. The maximum Gasteiger partial charge on any atom is 0.340 e. The van der Waals surface area contributed by atoms with Crippen molar-refractivity contribution in [1.82, 2.24) is 25.9 Å². The van der Waals surface area contributed by atoms with Crippen LogP contribution in [0, 0.1) is 5.92 Å². The highest BCUT2D eigenvalue weighted by Crippen LogP contribution is 2.26. The van der Waals surface area contributed by atoms with E-state index in [-0.39, 0.29) is 27.9 Å². The summed E-state index contributed by atoms with van der Waals surface area (Å²) in [5.74, 6) is -2.47. The van der Waals surface area contributed by atoms with Crippen molar-refractivity contribution in [3.63, 3.8) is 0 Å². The van der Waals surface area contributed by atoms with Crippen LogP contribution < -0.4 is 20.7 Å². The van der Waals surface area contributed by atoms with Gasteiger partial charge in [0.05, 0.1) is 18.7 Å². The molecular weight excluding hydrogens is 542 g/mol. The summed E-state index contributed by atoms with van der Waals surface area (Å²) in [6.07, 6.45) is 5.04. The van der Waals surface area contributed by atoms with Crippen molar-refractivity contribution in [2.24, 2.45) is 5.92 Å². The number of ketones is 1. The molecule has 12 nitrogen and oxygen atoms in total. The number of aromatic amines is 1. The number of H-pyrrole nitrogens is 1. The number of carbonyl (C=O) groups excluding carboxylic acids is 5. The summed E-state index contributed by atoms with van der Waals surface area (Å²) >= 11 is 0. The molecule has 3 amide bonds. The Hall–Kier alpha value is -4.74. The summed E-state index contributed by atoms with van der Waals surface area (Å²) < 4.78 is 10.5. The van der Waals surface area contributed by atoms with Gasteiger partial charge in [0.25, 0.3) is 5.91 Å². The standard InChI is InChI=1S/C30H35N5O7.3H2/c1-3-7-22(34-29(39)24-15-20-21(33-24)10-4-11-26(20)41-2)28(38)35-23(14-18-8-6-13-32-27(18)37)25(36)17-42-30(40)19-9-5-12-31-16-19;;;/h4-5,9-12,15-16,18,22-23,33H,3,6-8,13-14,17H2,1-2H3,(H,32,37)(H,34,39)(H,35,38);3*1H/t18-,22-,23-;;;/m0.../s1. The SMILES string of the molecule is CCC[C@H](NC(=O)c1cc2c(OC)cccc2[nH]1)C(=O)N[C@@H](C[C@@H]1CCCNC1=O)C(=O)COC(=O)c1cccnc1.[HH].[HH].[HH]. The molecule has 0 spiro atoms. The number of piperidine rings is 1. The topological polar surface area (TPSA) is 169 Å². The zero-order valence-electron chi connectivity index (χ0n) is 23.6. The number of nitrogens with one attached hydrogen (secondary N) is 4. The molecule has 42 heavy (non-hydrogen) atoms. The van der Waals surface area contributed by atoms with Crippen LogP contribution in [0.25, 0.3) is 10.9 Å². The number of hydrogen-bond acceptors (Lipinski definition) is 8. The highest BCUT2D eigenvalue weighted by Gasteiger charge is 2.32. The zero-order valence-corrected chi connectivity index (χ0v) is 23.6. The molecule has 1 aliphatic heterocycles. The molecule has 3 aromatic rings. The summed E-state index contributed by atoms with van der Waals surface area (Å²) in [5.41, 5.74) is 1.13. The molecule has 0 bridgehead atoms. The molecule has 1 fully saturated rings. The summed E-state index contributed by atoms with van der Waals surface area (Å²) in [5, 5.41) is 8.98. The molecule has 12 heteroatoms. The van der Waals surface area contributed by atoms with Crippen LogP contribution in [0.3, 0.4) is 0 Å². The number of Topliss-reactive ketones (excluding diaryl/α,β-unsaturated/α-hetero) is 1. The fraction of sp³-hybridized carbons (Fsp3) is 0.400. The first-order valence-corrected chi connectivity index (χ1v) is 13.9. The smallest absolute Gasteiger partial charge is 0.340 e. The molecule has 228 valence electrons. The van der Waals surface area contributed by atoms with Crippen LogP contribution in [-0.2, 0) is 19.1 Å². The Morgan fingerprint density at radius 2 is 1.98 bits per heavy atom. The number of esters is 1. The quantitative estimate of drug-likeness (QED) is 0.223. The molecule has 3 heterocycles. The normalized spacial score (nSPS) is 16.1. The molecule has 1 aromatic carbocycles. The summed E-state index contributed by atoms with van der Waals surface area (Å²) in [6, 6.07) is 8.04. The van der Waals surface area contributed by atoms with Crippen molar-refractivity contribution in [2.45, 2.75) is 51.1 Å². The molecule has 4 rings (SSSR count). The van der Waals surface area contributed by atoms with Gasteiger partial charge in [-0.3, -0.25) is 24.2 Å². The van der Waals surface area contributed by atoms with Gasteiger partial charge in [0.2, 0.25) is 11.8 Å². The predicted molar refractivity (Wildman–Crippen MR) is 159 cm³/mol. The number of carbonyl (C=O) groups is 5. The molecule has 0 unspecified atom stereocenters. The van der Waals surface area contributed by atoms with Crippen molar-refractivity contribution >= 4 is 40.4 Å². The Kier molecular flexibility index (Phi) is 10.2. The maximum atomic E-state index is 13.4. The number of ether oxygens (including phenoxy) is 2. The lowest BCUT2D eigenvalue weighted by Crippen LogP contribution is -2.53. The Morgan fingerprint density at radius 1 is 1.14 bits per heavy atom. The molecule has 0 radical (unpaired) electrons. The van der Waals surface area contributed by atoms with Crippen molar-refractivity contribution in [3.8, 4) is 5.75 Å². The third-order valence-corrected chi connectivity index (χ3v) is 7.16. The van der Waals surface area contributed by atoms with Gasteiger partial charge in [0, 0.05) is 40.0 Å². The van der Waals surface area contributed by atoms with Crippen LogP contribution in [0.5, 0.6) is 5.75 Å². The van der Waals surface area contributed by atoms with Crippen LogP contribution in [0.4, 0.5) is 0 Å². The third-order valence-electron chi connectivity index (χ3n) is 7.16. The number of rotatable bonds is 13. The number of pyridine rings is 1. The second-order valence-electron chi connectivity index (χ2n) is 10.1. The lowest BCUT2D eigenvalue weighted by Gasteiger charge is -2.27. The van der Waals surface area contributed by atoms with Crippen molar-refractivity contribution in [1.29, 1.82) is 0 Å². The predicted octanol–water partition coefficient (Wildman–Crippen LogP) is 3.04. The molecule has 1 aliphatic rings. The van der Waals surface area contributed by atoms with Gasteiger partial charge in [-0.1, -0.05) is 19.4 Å². The summed E-state index contributed by atoms with van der Waals surface area (Å²) in [6.45, 7) is 1.81. The largest absolute Gasteiger partial charge is 0.496 e. The Bertz CT molecular complexity index is 1450. The minimum absolute atomic E-state index is 0. The van der Waals surface area contributed by atoms with E-state index in [2.05, 4.69) is 25.9 Å². The molecule has 3 atom stereocenters. The number of methoxy groups -OCH3 is 1. The maximum absolute atomic E-state index is 13.4. The Morgan fingerprint density at radius 3 is 2.69 bits per heavy atom. The van der Waals surface area contributed by atoms with Gasteiger partial charge >= 0.3 is 5.97 Å². The zero-order chi connectivity index (χ0) is 30.1. The highest BCUT2D eigenvalue weighted by atomic mass is 16.5. The molecule has 1 saturated heterocycles. The van der Waals surface area contributed by atoms with Crippen LogP contribution in [0.1, 0.15) is 64.2 Å². The lowest BCUT2D eigenvalue weighted by atomic mass is 9.90. The van der Waals surface area contributed by atoms with Gasteiger partial charge in [-0.15, -0.1) is 0 Å². The first kappa shape index (κ1) is 30.2. The van der Waals surface area contributed by atoms with E-state index in [1.54, 1.807) is 24.3 Å². The first-order valence-electron chi connectivity index (χ1n) is 13.9. The van der Waals surface area contributed by atoms with Crippen molar-refractivity contribution in [2.75, 3.05) is 20.3 Å². The summed E-state index contributed by atoms with van der Waals surface area (Å²) in [7, 11) is 1.54. The average molecular weight is 584 g/mol. The average Bonchev–Trinajstić information content (AvgIpc) is 3.45. The van der Waals surface area contributed by atoms with Gasteiger partial charge in [-0.05, 0) is 56.0 Å². The lowest BCUT2D eigenvalue weighted by molar-refractivity contribution is -0.132. The van der Waals surface area contributed by atoms with Gasteiger partial charge in [0.1, 0.15) is 17.5 Å². The van der Waals surface area contributed by atoms with Crippen LogP contribution in [-0.4, -0.2) is 71.8 Å².